The zero-order valence-corrected chi connectivity index (χ0v) is 11.9. The van der Waals surface area contributed by atoms with Crippen LogP contribution in [0.15, 0.2) is 0 Å². The number of ether oxygens (including phenoxy) is 2. The van der Waals surface area contributed by atoms with Gasteiger partial charge in [0.15, 0.2) is 0 Å². The quantitative estimate of drug-likeness (QED) is 0.661. The lowest BCUT2D eigenvalue weighted by Gasteiger charge is -2.30. The molecule has 0 heterocycles. The fourth-order valence-electron chi connectivity index (χ4n) is 1.46. The van der Waals surface area contributed by atoms with Crippen LogP contribution in [0.4, 0.5) is 0 Å². The van der Waals surface area contributed by atoms with Gasteiger partial charge in [-0.25, -0.2) is 0 Å². The van der Waals surface area contributed by atoms with Crippen molar-refractivity contribution in [1.82, 2.24) is 5.32 Å². The van der Waals surface area contributed by atoms with Gasteiger partial charge in [-0.1, -0.05) is 6.92 Å². The van der Waals surface area contributed by atoms with Gasteiger partial charge in [-0.05, 0) is 53.6 Å². The predicted octanol–water partition coefficient (Wildman–Crippen LogP) is 2.60. The molecular weight excluding hydrogens is 202 g/mol. The largest absolute Gasteiger partial charge is 0.378 e. The van der Waals surface area contributed by atoms with Crippen molar-refractivity contribution in [2.45, 2.75) is 58.2 Å². The van der Waals surface area contributed by atoms with E-state index >= 15 is 0 Å². The molecule has 0 aromatic heterocycles. The molecular formula is C13H29NO2. The summed E-state index contributed by atoms with van der Waals surface area (Å²) >= 11 is 0. The molecule has 0 spiro atoms. The lowest BCUT2D eigenvalue weighted by atomic mass is 9.99. The van der Waals surface area contributed by atoms with Crippen LogP contribution >= 0.6 is 0 Å². The van der Waals surface area contributed by atoms with Crippen LogP contribution in [0.1, 0.15) is 47.0 Å². The van der Waals surface area contributed by atoms with E-state index in [4.69, 9.17) is 9.47 Å². The molecule has 0 aliphatic rings. The van der Waals surface area contributed by atoms with Crippen molar-refractivity contribution < 1.29 is 9.47 Å². The monoisotopic (exact) mass is 231 g/mol. The molecule has 0 rings (SSSR count). The van der Waals surface area contributed by atoms with Crippen LogP contribution in [-0.2, 0) is 9.47 Å². The number of rotatable bonds is 9. The third-order valence-electron chi connectivity index (χ3n) is 3.34. The summed E-state index contributed by atoms with van der Waals surface area (Å²) < 4.78 is 11.4. The minimum absolute atomic E-state index is 0.0426. The van der Waals surface area contributed by atoms with Crippen LogP contribution in [0.2, 0.25) is 0 Å². The lowest BCUT2D eigenvalue weighted by Crippen LogP contribution is -2.33. The Kier molecular flexibility index (Phi) is 7.20. The van der Waals surface area contributed by atoms with Crippen molar-refractivity contribution in [2.75, 3.05) is 27.3 Å². The second-order valence-corrected chi connectivity index (χ2v) is 5.22. The number of hydrogen-bond acceptors (Lipinski definition) is 3. The summed E-state index contributed by atoms with van der Waals surface area (Å²) in [7, 11) is 3.74. The summed E-state index contributed by atoms with van der Waals surface area (Å²) in [4.78, 5) is 0. The molecule has 1 N–H and O–H groups in total. The van der Waals surface area contributed by atoms with Gasteiger partial charge in [0.05, 0.1) is 17.8 Å². The molecule has 0 aromatic rings. The van der Waals surface area contributed by atoms with Crippen molar-refractivity contribution in [2.24, 2.45) is 0 Å². The molecule has 1 atom stereocenters. The number of nitrogens with one attached hydrogen (secondary N) is 1. The van der Waals surface area contributed by atoms with Gasteiger partial charge in [0.1, 0.15) is 0 Å². The second-order valence-electron chi connectivity index (χ2n) is 5.22. The van der Waals surface area contributed by atoms with E-state index in [1.54, 1.807) is 7.11 Å². The van der Waals surface area contributed by atoms with Gasteiger partial charge in [0, 0.05) is 7.11 Å². The van der Waals surface area contributed by atoms with Gasteiger partial charge in [-0.3, -0.25) is 0 Å². The molecule has 0 radical (unpaired) electrons. The van der Waals surface area contributed by atoms with E-state index in [9.17, 15) is 0 Å². The van der Waals surface area contributed by atoms with E-state index in [0.29, 0.717) is 0 Å². The molecule has 0 aromatic carbocycles. The van der Waals surface area contributed by atoms with Crippen LogP contribution in [-0.4, -0.2) is 38.5 Å². The van der Waals surface area contributed by atoms with Crippen molar-refractivity contribution in [3.05, 3.63) is 0 Å². The molecule has 3 nitrogen and oxygen atoms in total. The van der Waals surface area contributed by atoms with Crippen LogP contribution in [0.25, 0.3) is 0 Å². The molecule has 98 valence electrons. The molecule has 0 aliphatic carbocycles. The van der Waals surface area contributed by atoms with E-state index in [2.05, 4.69) is 33.0 Å². The molecule has 0 amide bonds. The average molecular weight is 231 g/mol. The van der Waals surface area contributed by atoms with E-state index < -0.39 is 0 Å². The Morgan fingerprint density at radius 2 is 1.75 bits per heavy atom. The summed E-state index contributed by atoms with van der Waals surface area (Å²) in [5.41, 5.74) is -0.0928. The SMILES string of the molecule is CCC(C)(CCOC(C)(C)CCNC)OC. The highest BCUT2D eigenvalue weighted by molar-refractivity contribution is 4.74. The zero-order valence-electron chi connectivity index (χ0n) is 11.9. The first-order valence-corrected chi connectivity index (χ1v) is 6.23. The Balaban J connectivity index is 3.87. The van der Waals surface area contributed by atoms with Gasteiger partial charge in [-0.2, -0.15) is 0 Å². The highest BCUT2D eigenvalue weighted by Crippen LogP contribution is 2.21. The van der Waals surface area contributed by atoms with Crippen LogP contribution in [0, 0.1) is 0 Å². The summed E-state index contributed by atoms with van der Waals surface area (Å²) in [6.07, 6.45) is 2.99. The fraction of sp³-hybridized carbons (Fsp3) is 1.00. The van der Waals surface area contributed by atoms with E-state index in [1.165, 1.54) is 0 Å². The Morgan fingerprint density at radius 1 is 1.12 bits per heavy atom. The number of methoxy groups -OCH3 is 1. The minimum atomic E-state index is -0.0502. The van der Waals surface area contributed by atoms with Crippen molar-refractivity contribution >= 4 is 0 Å². The Bertz CT molecular complexity index is 177. The normalized spacial score (nSPS) is 16.1. The van der Waals surface area contributed by atoms with Crippen molar-refractivity contribution in [1.29, 1.82) is 0 Å². The summed E-state index contributed by atoms with van der Waals surface area (Å²) in [6.45, 7) is 10.3. The molecule has 3 heteroatoms. The van der Waals surface area contributed by atoms with Crippen LogP contribution in [0.3, 0.4) is 0 Å². The molecule has 0 aliphatic heterocycles. The molecule has 0 saturated carbocycles. The van der Waals surface area contributed by atoms with Gasteiger partial charge in [-0.15, -0.1) is 0 Å². The van der Waals surface area contributed by atoms with Crippen molar-refractivity contribution in [3.63, 3.8) is 0 Å². The maximum Gasteiger partial charge on any atom is 0.0670 e. The third-order valence-corrected chi connectivity index (χ3v) is 3.34. The van der Waals surface area contributed by atoms with Gasteiger partial charge in [0.2, 0.25) is 0 Å². The van der Waals surface area contributed by atoms with Gasteiger partial charge < -0.3 is 14.8 Å². The second kappa shape index (κ2) is 7.25. The molecule has 16 heavy (non-hydrogen) atoms. The average Bonchev–Trinajstić information content (AvgIpc) is 2.26. The first-order chi connectivity index (χ1) is 7.39. The fourth-order valence-corrected chi connectivity index (χ4v) is 1.46. The summed E-state index contributed by atoms with van der Waals surface area (Å²) in [5, 5.41) is 3.15. The van der Waals surface area contributed by atoms with Crippen molar-refractivity contribution in [3.8, 4) is 0 Å². The van der Waals surface area contributed by atoms with E-state index in [-0.39, 0.29) is 11.2 Å². The molecule has 0 bridgehead atoms. The smallest absolute Gasteiger partial charge is 0.0670 e. The third kappa shape index (κ3) is 6.46. The first-order valence-electron chi connectivity index (χ1n) is 6.23. The standard InChI is InChI=1S/C13H29NO2/c1-7-13(4,15-6)9-11-16-12(2,3)8-10-14-5/h14H,7-11H2,1-6H3. The molecule has 0 fully saturated rings. The van der Waals surface area contributed by atoms with E-state index in [1.807, 2.05) is 7.05 Å². The Hall–Kier alpha value is -0.120. The zero-order chi connectivity index (χ0) is 12.7. The molecule has 0 saturated heterocycles. The van der Waals surface area contributed by atoms with Crippen LogP contribution in [0.5, 0.6) is 0 Å². The highest BCUT2D eigenvalue weighted by atomic mass is 16.5. The lowest BCUT2D eigenvalue weighted by molar-refractivity contribution is -0.0681. The predicted molar refractivity (Wildman–Crippen MR) is 68.9 cm³/mol. The maximum atomic E-state index is 5.91. The topological polar surface area (TPSA) is 30.5 Å². The Labute approximate surface area is 101 Å². The highest BCUT2D eigenvalue weighted by Gasteiger charge is 2.23. The summed E-state index contributed by atoms with van der Waals surface area (Å²) in [6, 6.07) is 0. The Morgan fingerprint density at radius 3 is 2.19 bits per heavy atom. The number of hydrogen-bond donors (Lipinski definition) is 1. The van der Waals surface area contributed by atoms with Gasteiger partial charge in [0.25, 0.3) is 0 Å². The summed E-state index contributed by atoms with van der Waals surface area (Å²) in [5.74, 6) is 0. The maximum absolute atomic E-state index is 5.91. The minimum Gasteiger partial charge on any atom is -0.378 e. The van der Waals surface area contributed by atoms with Crippen LogP contribution < -0.4 is 5.32 Å². The van der Waals surface area contributed by atoms with E-state index in [0.717, 1.165) is 32.4 Å². The molecule has 1 unspecified atom stereocenters. The first kappa shape index (κ1) is 15.9. The van der Waals surface area contributed by atoms with Gasteiger partial charge >= 0.3 is 0 Å².